The van der Waals surface area contributed by atoms with E-state index in [4.69, 9.17) is 0 Å². The molecule has 1 amide bonds. The Labute approximate surface area is 145 Å². The second-order valence-electron chi connectivity index (χ2n) is 5.38. The van der Waals surface area contributed by atoms with E-state index in [1.165, 1.54) is 11.8 Å². The van der Waals surface area contributed by atoms with Crippen LogP contribution in [0, 0.1) is 0 Å². The molecule has 1 aromatic carbocycles. The zero-order valence-electron chi connectivity index (χ0n) is 14.2. The fourth-order valence-corrected chi connectivity index (χ4v) is 3.55. The van der Waals surface area contributed by atoms with Crippen molar-refractivity contribution in [2.45, 2.75) is 32.5 Å². The van der Waals surface area contributed by atoms with E-state index >= 15 is 0 Å². The fourth-order valence-electron chi connectivity index (χ4n) is 2.86. The van der Waals surface area contributed by atoms with Crippen LogP contribution in [-0.2, 0) is 11.3 Å². The van der Waals surface area contributed by atoms with Crippen molar-refractivity contribution in [2.75, 3.05) is 18.8 Å². The molecule has 2 heterocycles. The number of rotatable bonds is 6. The van der Waals surface area contributed by atoms with E-state index in [-0.39, 0.29) is 5.91 Å². The first kappa shape index (κ1) is 16.7. The van der Waals surface area contributed by atoms with E-state index in [2.05, 4.69) is 32.7 Å². The number of aromatic nitrogens is 4. The first-order chi connectivity index (χ1) is 11.7. The first-order valence-electron chi connectivity index (χ1n) is 8.21. The van der Waals surface area contributed by atoms with Gasteiger partial charge in [-0.1, -0.05) is 30.0 Å². The summed E-state index contributed by atoms with van der Waals surface area (Å²) in [5.41, 5.74) is 2.75. The molecule has 0 fully saturated rings. The van der Waals surface area contributed by atoms with E-state index in [1.54, 1.807) is 0 Å². The van der Waals surface area contributed by atoms with E-state index in [1.807, 2.05) is 36.9 Å². The number of aryl methyl sites for hydroxylation is 1. The molecule has 0 bridgehead atoms. The third-order valence-corrected chi connectivity index (χ3v) is 4.93. The Morgan fingerprint density at radius 2 is 1.92 bits per heavy atom. The highest BCUT2D eigenvalue weighted by Gasteiger charge is 2.15. The van der Waals surface area contributed by atoms with Crippen LogP contribution in [-0.4, -0.2) is 49.4 Å². The summed E-state index contributed by atoms with van der Waals surface area (Å²) in [6.45, 7) is 8.30. The van der Waals surface area contributed by atoms with E-state index in [9.17, 15) is 4.79 Å². The van der Waals surface area contributed by atoms with Crippen LogP contribution >= 0.6 is 11.8 Å². The summed E-state index contributed by atoms with van der Waals surface area (Å²) in [6.07, 6.45) is 0. The molecule has 0 radical (unpaired) electrons. The second kappa shape index (κ2) is 7.17. The Hall–Kier alpha value is -2.15. The summed E-state index contributed by atoms with van der Waals surface area (Å²) in [4.78, 5) is 18.6. The van der Waals surface area contributed by atoms with E-state index in [0.29, 0.717) is 10.9 Å². The molecule has 3 aromatic rings. The molecule has 0 spiro atoms. The van der Waals surface area contributed by atoms with Crippen LogP contribution in [0.15, 0.2) is 29.4 Å². The van der Waals surface area contributed by atoms with Crippen LogP contribution in [0.25, 0.3) is 22.1 Å². The third kappa shape index (κ3) is 2.96. The number of carbonyl (C=O) groups excluding carboxylic acids is 1. The average molecular weight is 343 g/mol. The molecule has 0 saturated heterocycles. The zero-order chi connectivity index (χ0) is 17.1. The van der Waals surface area contributed by atoms with Crippen molar-refractivity contribution >= 4 is 39.7 Å². The highest BCUT2D eigenvalue weighted by Crippen LogP contribution is 2.26. The summed E-state index contributed by atoms with van der Waals surface area (Å²) in [5.74, 6) is 0.436. The first-order valence-corrected chi connectivity index (χ1v) is 9.20. The van der Waals surface area contributed by atoms with Crippen molar-refractivity contribution in [3.8, 4) is 0 Å². The molecule has 0 atom stereocenters. The molecule has 0 aliphatic heterocycles. The SMILES string of the molecule is CCN(CC)C(=O)CSc1nnc2c3ccccc3n(CC)c2n1. The van der Waals surface area contributed by atoms with Gasteiger partial charge in [0, 0.05) is 25.0 Å². The molecule has 7 heteroatoms. The minimum Gasteiger partial charge on any atom is -0.343 e. The maximum absolute atomic E-state index is 12.1. The van der Waals surface area contributed by atoms with Gasteiger partial charge in [-0.05, 0) is 26.8 Å². The summed E-state index contributed by atoms with van der Waals surface area (Å²) in [7, 11) is 0. The van der Waals surface area contributed by atoms with Gasteiger partial charge in [-0.15, -0.1) is 10.2 Å². The molecule has 24 heavy (non-hydrogen) atoms. The van der Waals surface area contributed by atoms with Gasteiger partial charge in [0.15, 0.2) is 5.65 Å². The van der Waals surface area contributed by atoms with Crippen LogP contribution in [0.4, 0.5) is 0 Å². The number of hydrogen-bond donors (Lipinski definition) is 0. The quantitative estimate of drug-likeness (QED) is 0.644. The second-order valence-corrected chi connectivity index (χ2v) is 6.33. The van der Waals surface area contributed by atoms with Gasteiger partial charge in [-0.25, -0.2) is 4.98 Å². The number of nitrogens with zero attached hydrogens (tertiary/aromatic N) is 5. The number of fused-ring (bicyclic) bond motifs is 3. The van der Waals surface area contributed by atoms with Crippen molar-refractivity contribution in [1.29, 1.82) is 0 Å². The fraction of sp³-hybridized carbons (Fsp3) is 0.412. The largest absolute Gasteiger partial charge is 0.343 e. The summed E-state index contributed by atoms with van der Waals surface area (Å²) in [6, 6.07) is 8.11. The minimum atomic E-state index is 0.102. The molecular weight excluding hydrogens is 322 g/mol. The lowest BCUT2D eigenvalue weighted by atomic mass is 10.2. The molecule has 0 aliphatic rings. The van der Waals surface area contributed by atoms with Gasteiger partial charge in [0.2, 0.25) is 11.1 Å². The van der Waals surface area contributed by atoms with Crippen molar-refractivity contribution in [2.24, 2.45) is 0 Å². The lowest BCUT2D eigenvalue weighted by Crippen LogP contribution is -2.31. The third-order valence-electron chi connectivity index (χ3n) is 4.11. The van der Waals surface area contributed by atoms with Gasteiger partial charge in [0.1, 0.15) is 5.52 Å². The summed E-state index contributed by atoms with van der Waals surface area (Å²) in [5, 5.41) is 10.2. The standard InChI is InChI=1S/C17H21N5OS/c1-4-21(5-2)14(23)11-24-17-18-16-15(19-20-17)12-9-7-8-10-13(12)22(16)6-3/h7-10H,4-6,11H2,1-3H3. The summed E-state index contributed by atoms with van der Waals surface area (Å²) < 4.78 is 2.13. The number of para-hydroxylation sites is 1. The van der Waals surface area contributed by atoms with Crippen molar-refractivity contribution < 1.29 is 4.79 Å². The maximum atomic E-state index is 12.1. The number of benzene rings is 1. The molecule has 3 rings (SSSR count). The van der Waals surface area contributed by atoms with Gasteiger partial charge < -0.3 is 9.47 Å². The Balaban J connectivity index is 1.91. The Morgan fingerprint density at radius 3 is 2.62 bits per heavy atom. The maximum Gasteiger partial charge on any atom is 0.233 e. The van der Waals surface area contributed by atoms with Gasteiger partial charge in [-0.3, -0.25) is 4.79 Å². The molecule has 6 nitrogen and oxygen atoms in total. The van der Waals surface area contributed by atoms with Crippen LogP contribution in [0.5, 0.6) is 0 Å². The normalized spacial score (nSPS) is 11.3. The number of hydrogen-bond acceptors (Lipinski definition) is 5. The van der Waals surface area contributed by atoms with Crippen LogP contribution in [0.2, 0.25) is 0 Å². The molecule has 0 aliphatic carbocycles. The Kier molecular flexibility index (Phi) is 4.99. The van der Waals surface area contributed by atoms with Gasteiger partial charge >= 0.3 is 0 Å². The lowest BCUT2D eigenvalue weighted by molar-refractivity contribution is -0.127. The van der Waals surface area contributed by atoms with Crippen LogP contribution < -0.4 is 0 Å². The highest BCUT2D eigenvalue weighted by molar-refractivity contribution is 7.99. The van der Waals surface area contributed by atoms with Gasteiger partial charge in [-0.2, -0.15) is 0 Å². The molecule has 0 unspecified atom stereocenters. The smallest absolute Gasteiger partial charge is 0.233 e. The Morgan fingerprint density at radius 1 is 1.17 bits per heavy atom. The van der Waals surface area contributed by atoms with Crippen LogP contribution in [0.1, 0.15) is 20.8 Å². The molecule has 0 N–H and O–H groups in total. The van der Waals surface area contributed by atoms with E-state index in [0.717, 1.165) is 41.7 Å². The van der Waals surface area contributed by atoms with E-state index < -0.39 is 0 Å². The van der Waals surface area contributed by atoms with Crippen molar-refractivity contribution in [3.05, 3.63) is 24.3 Å². The number of thioether (sulfide) groups is 1. The highest BCUT2D eigenvalue weighted by atomic mass is 32.2. The van der Waals surface area contributed by atoms with Gasteiger partial charge in [0.25, 0.3) is 0 Å². The topological polar surface area (TPSA) is 63.9 Å². The lowest BCUT2D eigenvalue weighted by Gasteiger charge is -2.17. The Bertz CT molecular complexity index is 872. The molecule has 0 saturated carbocycles. The van der Waals surface area contributed by atoms with Crippen molar-refractivity contribution in [3.63, 3.8) is 0 Å². The van der Waals surface area contributed by atoms with Crippen molar-refractivity contribution in [1.82, 2.24) is 24.6 Å². The number of carbonyl (C=O) groups is 1. The molecule has 126 valence electrons. The predicted octanol–water partition coefficient (Wildman–Crippen LogP) is 2.96. The predicted molar refractivity (Wildman–Crippen MR) is 97.2 cm³/mol. The monoisotopic (exact) mass is 343 g/mol. The zero-order valence-corrected chi connectivity index (χ0v) is 15.0. The minimum absolute atomic E-state index is 0.102. The molecule has 2 aromatic heterocycles. The average Bonchev–Trinajstić information content (AvgIpc) is 2.94. The van der Waals surface area contributed by atoms with Crippen LogP contribution in [0.3, 0.4) is 0 Å². The number of amides is 1. The summed E-state index contributed by atoms with van der Waals surface area (Å²) >= 11 is 1.34. The molecular formula is C17H21N5OS. The van der Waals surface area contributed by atoms with Gasteiger partial charge in [0.05, 0.1) is 11.3 Å².